The van der Waals surface area contributed by atoms with E-state index in [0.717, 1.165) is 45.2 Å². The van der Waals surface area contributed by atoms with Crippen molar-refractivity contribution in [1.29, 1.82) is 0 Å². The molecule has 0 saturated carbocycles. The fraction of sp³-hybridized carbons (Fsp3) is 1.00. The van der Waals surface area contributed by atoms with Gasteiger partial charge in [-0.2, -0.15) is 0 Å². The van der Waals surface area contributed by atoms with E-state index in [1.54, 1.807) is 0 Å². The van der Waals surface area contributed by atoms with Gasteiger partial charge in [0.1, 0.15) is 0 Å². The topological polar surface area (TPSA) is 78.1 Å². The summed E-state index contributed by atoms with van der Waals surface area (Å²) in [6, 6.07) is 0. The normalized spacial score (nSPS) is 11.5. The second-order valence-corrected chi connectivity index (χ2v) is 6.73. The minimum absolute atomic E-state index is 0. The Morgan fingerprint density at radius 2 is 0.955 bits per heavy atom. The molecule has 6 N–H and O–H groups in total. The highest BCUT2D eigenvalue weighted by molar-refractivity contribution is 5.85. The van der Waals surface area contributed by atoms with Crippen LogP contribution in [0.15, 0.2) is 0 Å². The van der Waals surface area contributed by atoms with E-state index in [0.29, 0.717) is 0 Å². The number of rotatable bonds is 16. The molecule has 4 heteroatoms. The molecule has 0 amide bonds. The average molecular weight is 336 g/mol. The van der Waals surface area contributed by atoms with Gasteiger partial charge in [0.25, 0.3) is 0 Å². The second-order valence-electron chi connectivity index (χ2n) is 6.73. The molecule has 0 aliphatic rings. The molecule has 22 heavy (non-hydrogen) atoms. The lowest BCUT2D eigenvalue weighted by Crippen LogP contribution is -2.40. The minimum atomic E-state index is -0.0140. The first-order valence-corrected chi connectivity index (χ1v) is 9.37. The molecule has 0 atom stereocenters. The molecule has 0 fully saturated rings. The van der Waals surface area contributed by atoms with Crippen LogP contribution in [-0.2, 0) is 0 Å². The predicted octanol–water partition coefficient (Wildman–Crippen LogP) is 4.50. The minimum Gasteiger partial charge on any atom is -0.330 e. The van der Waals surface area contributed by atoms with Crippen LogP contribution < -0.4 is 17.2 Å². The zero-order valence-corrected chi connectivity index (χ0v) is 15.8. The van der Waals surface area contributed by atoms with Gasteiger partial charge in [-0.25, -0.2) is 0 Å². The molecule has 0 unspecified atom stereocenters. The zero-order valence-electron chi connectivity index (χ0n) is 15.0. The van der Waals surface area contributed by atoms with Crippen LogP contribution in [0.1, 0.15) is 96.8 Å². The molecular weight excluding hydrogens is 294 g/mol. The predicted molar refractivity (Wildman–Crippen MR) is 103 cm³/mol. The fourth-order valence-electron chi connectivity index (χ4n) is 3.07. The number of halogens is 1. The van der Waals surface area contributed by atoms with E-state index >= 15 is 0 Å². The fourth-order valence-corrected chi connectivity index (χ4v) is 3.07. The first-order chi connectivity index (χ1) is 10.2. The molecular formula is C18H42ClN3. The van der Waals surface area contributed by atoms with Crippen molar-refractivity contribution in [2.75, 3.05) is 13.1 Å². The Morgan fingerprint density at radius 1 is 0.591 bits per heavy atom. The lowest BCUT2D eigenvalue weighted by atomic mass is 9.84. The van der Waals surface area contributed by atoms with Crippen molar-refractivity contribution in [1.82, 2.24) is 0 Å². The summed E-state index contributed by atoms with van der Waals surface area (Å²) in [5, 5.41) is 0. The third kappa shape index (κ3) is 15.1. The van der Waals surface area contributed by atoms with Gasteiger partial charge in [0.2, 0.25) is 0 Å². The van der Waals surface area contributed by atoms with Crippen LogP contribution in [0.2, 0.25) is 0 Å². The molecule has 0 aromatic heterocycles. The van der Waals surface area contributed by atoms with E-state index in [4.69, 9.17) is 17.2 Å². The van der Waals surface area contributed by atoms with Crippen LogP contribution in [0.4, 0.5) is 0 Å². The van der Waals surface area contributed by atoms with E-state index in [-0.39, 0.29) is 17.9 Å². The maximum Gasteiger partial charge on any atom is 0.0155 e. The highest BCUT2D eigenvalue weighted by Crippen LogP contribution is 2.23. The molecule has 0 rings (SSSR count). The Hall–Kier alpha value is 0.170. The zero-order chi connectivity index (χ0) is 15.8. The van der Waals surface area contributed by atoms with Crippen molar-refractivity contribution in [2.45, 2.75) is 102 Å². The van der Waals surface area contributed by atoms with Crippen molar-refractivity contribution in [2.24, 2.45) is 17.2 Å². The highest BCUT2D eigenvalue weighted by Gasteiger charge is 2.22. The van der Waals surface area contributed by atoms with E-state index in [1.165, 1.54) is 57.8 Å². The van der Waals surface area contributed by atoms with Crippen molar-refractivity contribution >= 4 is 12.4 Å². The van der Waals surface area contributed by atoms with Gasteiger partial charge in [-0.15, -0.1) is 12.4 Å². The highest BCUT2D eigenvalue weighted by atomic mass is 35.5. The number of hydrogen-bond donors (Lipinski definition) is 3. The van der Waals surface area contributed by atoms with Crippen LogP contribution in [0.3, 0.4) is 0 Å². The summed E-state index contributed by atoms with van der Waals surface area (Å²) < 4.78 is 0. The van der Waals surface area contributed by atoms with E-state index in [9.17, 15) is 0 Å². The van der Waals surface area contributed by atoms with Gasteiger partial charge in [0, 0.05) is 5.54 Å². The smallest absolute Gasteiger partial charge is 0.0155 e. The van der Waals surface area contributed by atoms with Gasteiger partial charge in [0.15, 0.2) is 0 Å². The molecule has 0 saturated heterocycles. The first kappa shape index (κ1) is 24.4. The Morgan fingerprint density at radius 3 is 1.36 bits per heavy atom. The Kier molecular flexibility index (Phi) is 19.5. The van der Waals surface area contributed by atoms with Gasteiger partial charge in [0.05, 0.1) is 0 Å². The summed E-state index contributed by atoms with van der Waals surface area (Å²) in [5.74, 6) is 0. The summed E-state index contributed by atoms with van der Waals surface area (Å²) in [6.07, 6.45) is 17.7. The maximum atomic E-state index is 6.55. The molecule has 3 nitrogen and oxygen atoms in total. The lowest BCUT2D eigenvalue weighted by Gasteiger charge is -2.29. The molecule has 0 aromatic carbocycles. The summed E-state index contributed by atoms with van der Waals surface area (Å²) in [7, 11) is 0. The van der Waals surface area contributed by atoms with Gasteiger partial charge in [-0.05, 0) is 45.2 Å². The summed E-state index contributed by atoms with van der Waals surface area (Å²) in [6.45, 7) is 3.77. The van der Waals surface area contributed by atoms with Crippen molar-refractivity contribution in [3.63, 3.8) is 0 Å². The standard InChI is InChI=1S/C18H41N3.ClH/c1-2-3-4-5-6-7-8-9-10-13-18(21,14-11-16-19)15-12-17-20;/h2-17,19-21H2,1H3;1H. The van der Waals surface area contributed by atoms with E-state index in [2.05, 4.69) is 6.92 Å². The Balaban J connectivity index is 0. The summed E-state index contributed by atoms with van der Waals surface area (Å²) >= 11 is 0. The monoisotopic (exact) mass is 335 g/mol. The summed E-state index contributed by atoms with van der Waals surface area (Å²) in [5.41, 5.74) is 17.8. The molecule has 0 aromatic rings. The molecule has 0 radical (unpaired) electrons. The van der Waals surface area contributed by atoms with E-state index < -0.39 is 0 Å². The molecule has 0 heterocycles. The Labute approximate surface area is 145 Å². The van der Waals surface area contributed by atoms with Crippen molar-refractivity contribution in [3.8, 4) is 0 Å². The molecule has 0 aliphatic carbocycles. The maximum absolute atomic E-state index is 6.55. The van der Waals surface area contributed by atoms with Gasteiger partial charge < -0.3 is 17.2 Å². The largest absolute Gasteiger partial charge is 0.330 e. The molecule has 136 valence electrons. The quantitative estimate of drug-likeness (QED) is 0.363. The number of unbranched alkanes of at least 4 members (excludes halogenated alkanes) is 8. The Bertz CT molecular complexity index is 205. The third-order valence-corrected chi connectivity index (χ3v) is 4.54. The third-order valence-electron chi connectivity index (χ3n) is 4.54. The molecule has 0 spiro atoms. The molecule has 0 bridgehead atoms. The molecule has 0 aliphatic heterocycles. The second kappa shape index (κ2) is 17.5. The van der Waals surface area contributed by atoms with Crippen molar-refractivity contribution in [3.05, 3.63) is 0 Å². The number of nitrogens with two attached hydrogens (primary N) is 3. The lowest BCUT2D eigenvalue weighted by molar-refractivity contribution is 0.314. The average Bonchev–Trinajstić information content (AvgIpc) is 2.49. The van der Waals surface area contributed by atoms with Crippen LogP contribution in [-0.4, -0.2) is 18.6 Å². The van der Waals surface area contributed by atoms with Crippen LogP contribution in [0, 0.1) is 0 Å². The van der Waals surface area contributed by atoms with Crippen LogP contribution >= 0.6 is 12.4 Å². The number of hydrogen-bond acceptors (Lipinski definition) is 3. The van der Waals surface area contributed by atoms with Crippen LogP contribution in [0.5, 0.6) is 0 Å². The SMILES string of the molecule is CCCCCCCCCCCC(N)(CCCN)CCCN.Cl. The van der Waals surface area contributed by atoms with Crippen LogP contribution in [0.25, 0.3) is 0 Å². The van der Waals surface area contributed by atoms with Gasteiger partial charge >= 0.3 is 0 Å². The van der Waals surface area contributed by atoms with E-state index in [1.807, 2.05) is 0 Å². The van der Waals surface area contributed by atoms with Gasteiger partial charge in [-0.3, -0.25) is 0 Å². The summed E-state index contributed by atoms with van der Waals surface area (Å²) in [4.78, 5) is 0. The first-order valence-electron chi connectivity index (χ1n) is 9.37. The van der Waals surface area contributed by atoms with Crippen molar-refractivity contribution < 1.29 is 0 Å². The van der Waals surface area contributed by atoms with Gasteiger partial charge in [-0.1, -0.05) is 64.7 Å².